The molecule has 5 N–H and O–H groups in total. The van der Waals surface area contributed by atoms with Gasteiger partial charge in [0.05, 0.1) is 23.9 Å². The Kier molecular flexibility index (Phi) is 2.88. The van der Waals surface area contributed by atoms with Gasteiger partial charge in [-0.05, 0) is 13.3 Å². The number of hydrogen-bond acceptors (Lipinski definition) is 7. The van der Waals surface area contributed by atoms with Crippen LogP contribution in [0.1, 0.15) is 19.4 Å². The number of rotatable bonds is 3. The van der Waals surface area contributed by atoms with Crippen LogP contribution in [0.4, 0.5) is 5.82 Å². The molecule has 0 bridgehead atoms. The molecular weight excluding hydrogens is 300 g/mol. The van der Waals surface area contributed by atoms with Gasteiger partial charge in [-0.1, -0.05) is 0 Å². The first-order chi connectivity index (χ1) is 11.0. The zero-order valence-corrected chi connectivity index (χ0v) is 12.5. The number of aliphatic hydroxyl groups excluding tert-OH is 2. The zero-order valence-electron chi connectivity index (χ0n) is 12.5. The van der Waals surface area contributed by atoms with Crippen molar-refractivity contribution >= 4 is 22.9 Å². The van der Waals surface area contributed by atoms with Crippen LogP contribution in [0.2, 0.25) is 0 Å². The molecule has 0 aliphatic heterocycles. The number of fused-ring (bicyclic) bond motifs is 2. The highest BCUT2D eigenvalue weighted by atomic mass is 16.3. The maximum Gasteiger partial charge on any atom is 0.229 e. The third kappa shape index (κ3) is 1.68. The second-order valence-corrected chi connectivity index (χ2v) is 6.22. The SMILES string of the molecule is CCNC(=O)[C@@]12C[C@@H]1[C@@H](n1cnc3c(N)ncnc31)[C@H](O)[C@@H]2O. The summed E-state index contributed by atoms with van der Waals surface area (Å²) in [4.78, 5) is 24.6. The van der Waals surface area contributed by atoms with E-state index in [-0.39, 0.29) is 17.6 Å². The summed E-state index contributed by atoms with van der Waals surface area (Å²) in [5.74, 6) is -0.113. The number of amides is 1. The minimum Gasteiger partial charge on any atom is -0.389 e. The molecule has 0 unspecified atom stereocenters. The molecule has 5 atom stereocenters. The number of nitrogens with zero attached hydrogens (tertiary/aromatic N) is 4. The molecule has 2 aliphatic carbocycles. The molecule has 2 aromatic rings. The third-order valence-corrected chi connectivity index (χ3v) is 5.14. The van der Waals surface area contributed by atoms with Gasteiger partial charge < -0.3 is 25.8 Å². The minimum absolute atomic E-state index is 0.160. The van der Waals surface area contributed by atoms with Gasteiger partial charge in [-0.15, -0.1) is 0 Å². The first kappa shape index (κ1) is 14.3. The van der Waals surface area contributed by atoms with E-state index in [1.165, 1.54) is 12.7 Å². The van der Waals surface area contributed by atoms with E-state index in [4.69, 9.17) is 5.73 Å². The molecule has 9 heteroatoms. The fraction of sp³-hybridized carbons (Fsp3) is 0.571. The lowest BCUT2D eigenvalue weighted by molar-refractivity contribution is -0.132. The Morgan fingerprint density at radius 2 is 2.26 bits per heavy atom. The fourth-order valence-corrected chi connectivity index (χ4v) is 3.97. The highest BCUT2D eigenvalue weighted by Crippen LogP contribution is 2.67. The van der Waals surface area contributed by atoms with E-state index < -0.39 is 23.7 Å². The molecule has 4 rings (SSSR count). The maximum absolute atomic E-state index is 12.3. The van der Waals surface area contributed by atoms with Crippen molar-refractivity contribution in [2.45, 2.75) is 31.6 Å². The van der Waals surface area contributed by atoms with E-state index in [1.807, 2.05) is 6.92 Å². The van der Waals surface area contributed by atoms with Gasteiger partial charge in [0, 0.05) is 12.5 Å². The Labute approximate surface area is 131 Å². The molecule has 0 radical (unpaired) electrons. The number of aromatic nitrogens is 4. The van der Waals surface area contributed by atoms with Crippen molar-refractivity contribution in [2.75, 3.05) is 12.3 Å². The highest BCUT2D eigenvalue weighted by molar-refractivity contribution is 5.88. The van der Waals surface area contributed by atoms with Gasteiger partial charge in [0.1, 0.15) is 17.9 Å². The van der Waals surface area contributed by atoms with Crippen molar-refractivity contribution < 1.29 is 15.0 Å². The Morgan fingerprint density at radius 3 is 3.00 bits per heavy atom. The lowest BCUT2D eigenvalue weighted by Gasteiger charge is -2.23. The van der Waals surface area contributed by atoms with Gasteiger partial charge in [0.15, 0.2) is 11.5 Å². The average molecular weight is 318 g/mol. The summed E-state index contributed by atoms with van der Waals surface area (Å²) in [6.07, 6.45) is 1.22. The van der Waals surface area contributed by atoms with Crippen LogP contribution in [0.5, 0.6) is 0 Å². The van der Waals surface area contributed by atoms with Crippen molar-refractivity contribution in [2.24, 2.45) is 11.3 Å². The number of nitrogens with two attached hydrogens (primary N) is 1. The van der Waals surface area contributed by atoms with Crippen molar-refractivity contribution in [1.82, 2.24) is 24.8 Å². The van der Waals surface area contributed by atoms with Crippen molar-refractivity contribution in [3.63, 3.8) is 0 Å². The summed E-state index contributed by atoms with van der Waals surface area (Å²) >= 11 is 0. The molecule has 2 aliphatic rings. The number of carbonyl (C=O) groups is 1. The summed E-state index contributed by atoms with van der Waals surface area (Å²) < 4.78 is 1.69. The monoisotopic (exact) mass is 318 g/mol. The predicted molar refractivity (Wildman–Crippen MR) is 80.0 cm³/mol. The first-order valence-electron chi connectivity index (χ1n) is 7.59. The van der Waals surface area contributed by atoms with Crippen LogP contribution in [-0.2, 0) is 4.79 Å². The third-order valence-electron chi connectivity index (χ3n) is 5.14. The molecule has 0 aromatic carbocycles. The summed E-state index contributed by atoms with van der Waals surface area (Å²) in [6, 6.07) is -0.466. The number of carbonyl (C=O) groups excluding carboxylic acids is 1. The number of nitrogens with one attached hydrogen (secondary N) is 1. The van der Waals surface area contributed by atoms with Gasteiger partial charge >= 0.3 is 0 Å². The van der Waals surface area contributed by atoms with E-state index >= 15 is 0 Å². The van der Waals surface area contributed by atoms with Crippen LogP contribution >= 0.6 is 0 Å². The quantitative estimate of drug-likeness (QED) is 0.559. The molecule has 122 valence electrons. The van der Waals surface area contributed by atoms with Crippen LogP contribution in [0, 0.1) is 11.3 Å². The molecule has 0 saturated heterocycles. The van der Waals surface area contributed by atoms with Crippen LogP contribution < -0.4 is 11.1 Å². The normalized spacial score (nSPS) is 35.3. The molecule has 23 heavy (non-hydrogen) atoms. The molecule has 2 heterocycles. The van der Waals surface area contributed by atoms with Gasteiger partial charge in [0.25, 0.3) is 0 Å². The van der Waals surface area contributed by atoms with Crippen molar-refractivity contribution in [3.8, 4) is 0 Å². The Hall–Kier alpha value is -2.26. The van der Waals surface area contributed by atoms with Gasteiger partial charge in [-0.2, -0.15) is 0 Å². The smallest absolute Gasteiger partial charge is 0.229 e. The Balaban J connectivity index is 1.76. The van der Waals surface area contributed by atoms with E-state index in [9.17, 15) is 15.0 Å². The number of hydrogen-bond donors (Lipinski definition) is 4. The molecule has 0 spiro atoms. The average Bonchev–Trinajstić information content (AvgIpc) is 3.05. The van der Waals surface area contributed by atoms with E-state index in [0.29, 0.717) is 24.1 Å². The van der Waals surface area contributed by atoms with Crippen LogP contribution in [0.15, 0.2) is 12.7 Å². The summed E-state index contributed by atoms with van der Waals surface area (Å²) in [5, 5.41) is 23.7. The zero-order chi connectivity index (χ0) is 16.4. The number of imidazole rings is 1. The highest BCUT2D eigenvalue weighted by Gasteiger charge is 2.75. The lowest BCUT2D eigenvalue weighted by atomic mass is 9.98. The van der Waals surface area contributed by atoms with E-state index in [0.717, 1.165) is 0 Å². The van der Waals surface area contributed by atoms with Gasteiger partial charge in [-0.3, -0.25) is 4.79 Å². The molecular formula is C14H18N6O3. The minimum atomic E-state index is -1.11. The standard InChI is InChI=1S/C14H18N6O3/c1-2-16-13(23)14-3-6(14)8(9(21)10(14)22)20-5-19-7-11(15)17-4-18-12(7)20/h4-6,8-10,21-22H,2-3H2,1H3,(H,16,23)(H2,15,17,18)/t6-,8-,9+,10+,14+/m1/s1. The van der Waals surface area contributed by atoms with Crippen LogP contribution in [-0.4, -0.2) is 54.4 Å². The second-order valence-electron chi connectivity index (χ2n) is 6.22. The summed E-state index contributed by atoms with van der Waals surface area (Å²) in [5.41, 5.74) is 5.81. The predicted octanol–water partition coefficient (Wildman–Crippen LogP) is -1.17. The van der Waals surface area contributed by atoms with E-state index in [2.05, 4.69) is 20.3 Å². The van der Waals surface area contributed by atoms with E-state index in [1.54, 1.807) is 4.57 Å². The van der Waals surface area contributed by atoms with Crippen LogP contribution in [0.3, 0.4) is 0 Å². The topological polar surface area (TPSA) is 139 Å². The van der Waals surface area contributed by atoms with Crippen molar-refractivity contribution in [1.29, 1.82) is 0 Å². The number of aliphatic hydroxyl groups is 2. The molecule has 9 nitrogen and oxygen atoms in total. The number of nitrogen functional groups attached to an aromatic ring is 1. The van der Waals surface area contributed by atoms with Crippen LogP contribution in [0.25, 0.3) is 11.2 Å². The molecule has 2 saturated carbocycles. The molecule has 2 fully saturated rings. The molecule has 2 aromatic heterocycles. The van der Waals surface area contributed by atoms with Crippen molar-refractivity contribution in [3.05, 3.63) is 12.7 Å². The Morgan fingerprint density at radius 1 is 1.48 bits per heavy atom. The fourth-order valence-electron chi connectivity index (χ4n) is 3.97. The summed E-state index contributed by atoms with van der Waals surface area (Å²) in [7, 11) is 0. The van der Waals surface area contributed by atoms with Gasteiger partial charge in [-0.25, -0.2) is 15.0 Å². The Bertz CT molecular complexity index is 792. The molecule has 1 amide bonds. The summed E-state index contributed by atoms with van der Waals surface area (Å²) in [6.45, 7) is 2.31. The van der Waals surface area contributed by atoms with Gasteiger partial charge in [0.2, 0.25) is 5.91 Å². The number of anilines is 1. The maximum atomic E-state index is 12.3. The lowest BCUT2D eigenvalue weighted by Crippen LogP contribution is -2.42. The first-order valence-corrected chi connectivity index (χ1v) is 7.59. The second kappa shape index (κ2) is 4.62. The largest absolute Gasteiger partial charge is 0.389 e.